The fraction of sp³-hybridized carbons (Fsp3) is 0.235. The number of hydrogen-bond acceptors (Lipinski definition) is 2. The molecule has 0 aliphatic carbocycles. The highest BCUT2D eigenvalue weighted by atomic mass is 35.5. The van der Waals surface area contributed by atoms with Gasteiger partial charge in [-0.15, -0.1) is 23.4 Å². The molecular weight excluding hydrogens is 302 g/mol. The SMILES string of the molecule is CC(Sc1ccccc1)C(Cl)C(=O)NCc1ccccc1. The van der Waals surface area contributed by atoms with E-state index in [4.69, 9.17) is 11.6 Å². The molecule has 2 rings (SSSR count). The molecule has 0 aromatic heterocycles. The Balaban J connectivity index is 1.84. The fourth-order valence-corrected chi connectivity index (χ4v) is 3.09. The Kier molecular flexibility index (Phi) is 6.15. The molecule has 0 aliphatic rings. The van der Waals surface area contributed by atoms with E-state index in [-0.39, 0.29) is 11.2 Å². The number of thioether (sulfide) groups is 1. The van der Waals surface area contributed by atoms with E-state index in [0.717, 1.165) is 10.5 Å². The first-order valence-electron chi connectivity index (χ1n) is 6.84. The minimum absolute atomic E-state index is 0.00448. The first-order valence-corrected chi connectivity index (χ1v) is 8.16. The van der Waals surface area contributed by atoms with Crippen LogP contribution in [0.5, 0.6) is 0 Å². The molecule has 2 aromatic carbocycles. The topological polar surface area (TPSA) is 29.1 Å². The molecule has 1 N–H and O–H groups in total. The number of rotatable bonds is 6. The van der Waals surface area contributed by atoms with Crippen molar-refractivity contribution in [2.24, 2.45) is 0 Å². The molecule has 0 radical (unpaired) electrons. The molecule has 0 fully saturated rings. The van der Waals surface area contributed by atoms with E-state index in [1.165, 1.54) is 0 Å². The predicted octanol–water partition coefficient (Wildman–Crippen LogP) is 4.09. The van der Waals surface area contributed by atoms with Crippen LogP contribution in [0.15, 0.2) is 65.6 Å². The molecule has 2 aromatic rings. The lowest BCUT2D eigenvalue weighted by atomic mass is 10.2. The highest BCUT2D eigenvalue weighted by molar-refractivity contribution is 8.00. The molecule has 0 aliphatic heterocycles. The lowest BCUT2D eigenvalue weighted by molar-refractivity contribution is -0.120. The van der Waals surface area contributed by atoms with Gasteiger partial charge in [0.25, 0.3) is 0 Å². The summed E-state index contributed by atoms with van der Waals surface area (Å²) in [4.78, 5) is 13.2. The van der Waals surface area contributed by atoms with Crippen molar-refractivity contribution < 1.29 is 4.79 Å². The summed E-state index contributed by atoms with van der Waals surface area (Å²) in [6.07, 6.45) is 0. The molecule has 0 saturated carbocycles. The predicted molar refractivity (Wildman–Crippen MR) is 89.7 cm³/mol. The average molecular weight is 320 g/mol. The second-order valence-corrected chi connectivity index (χ2v) is 6.66. The lowest BCUT2D eigenvalue weighted by Crippen LogP contribution is -2.35. The molecule has 0 saturated heterocycles. The van der Waals surface area contributed by atoms with E-state index in [1.54, 1.807) is 11.8 Å². The molecule has 2 atom stereocenters. The van der Waals surface area contributed by atoms with Crippen molar-refractivity contribution >= 4 is 29.3 Å². The molecule has 4 heteroatoms. The Labute approximate surface area is 134 Å². The number of carbonyl (C=O) groups is 1. The Bertz CT molecular complexity index is 562. The van der Waals surface area contributed by atoms with E-state index >= 15 is 0 Å². The summed E-state index contributed by atoms with van der Waals surface area (Å²) in [7, 11) is 0. The third kappa shape index (κ3) is 5.10. The quantitative estimate of drug-likeness (QED) is 0.642. The van der Waals surface area contributed by atoms with E-state index < -0.39 is 5.38 Å². The van der Waals surface area contributed by atoms with Gasteiger partial charge in [-0.05, 0) is 17.7 Å². The normalized spacial score (nSPS) is 13.4. The van der Waals surface area contributed by atoms with Crippen LogP contribution in [-0.2, 0) is 11.3 Å². The van der Waals surface area contributed by atoms with Gasteiger partial charge in [-0.3, -0.25) is 4.79 Å². The van der Waals surface area contributed by atoms with Gasteiger partial charge in [-0.1, -0.05) is 55.5 Å². The zero-order valence-electron chi connectivity index (χ0n) is 11.8. The van der Waals surface area contributed by atoms with Gasteiger partial charge >= 0.3 is 0 Å². The van der Waals surface area contributed by atoms with E-state index in [2.05, 4.69) is 5.32 Å². The Morgan fingerprint density at radius 2 is 1.67 bits per heavy atom. The highest BCUT2D eigenvalue weighted by Gasteiger charge is 2.23. The molecule has 0 spiro atoms. The molecule has 2 nitrogen and oxygen atoms in total. The number of carbonyl (C=O) groups excluding carboxylic acids is 1. The summed E-state index contributed by atoms with van der Waals surface area (Å²) in [5.41, 5.74) is 1.07. The molecule has 0 heterocycles. The van der Waals surface area contributed by atoms with Crippen LogP contribution in [0.25, 0.3) is 0 Å². The lowest BCUT2D eigenvalue weighted by Gasteiger charge is -2.17. The maximum atomic E-state index is 12.1. The second kappa shape index (κ2) is 8.11. The van der Waals surface area contributed by atoms with Gasteiger partial charge in [0.15, 0.2) is 0 Å². The molecule has 110 valence electrons. The third-order valence-corrected chi connectivity index (χ3v) is 4.95. The third-order valence-electron chi connectivity index (χ3n) is 3.04. The zero-order chi connectivity index (χ0) is 15.1. The molecular formula is C17H18ClNOS. The average Bonchev–Trinajstić information content (AvgIpc) is 2.53. The van der Waals surface area contributed by atoms with Crippen LogP contribution in [0, 0.1) is 0 Å². The van der Waals surface area contributed by atoms with Crippen molar-refractivity contribution in [2.75, 3.05) is 0 Å². The van der Waals surface area contributed by atoms with Crippen molar-refractivity contribution in [1.29, 1.82) is 0 Å². The molecule has 21 heavy (non-hydrogen) atoms. The first kappa shape index (κ1) is 15.9. The van der Waals surface area contributed by atoms with Crippen LogP contribution in [0.4, 0.5) is 0 Å². The van der Waals surface area contributed by atoms with Crippen LogP contribution in [0.2, 0.25) is 0 Å². The number of alkyl halides is 1. The smallest absolute Gasteiger partial charge is 0.239 e. The van der Waals surface area contributed by atoms with Crippen molar-refractivity contribution in [3.63, 3.8) is 0 Å². The minimum Gasteiger partial charge on any atom is -0.351 e. The summed E-state index contributed by atoms with van der Waals surface area (Å²) >= 11 is 7.87. The second-order valence-electron chi connectivity index (χ2n) is 4.74. The van der Waals surface area contributed by atoms with Crippen molar-refractivity contribution in [3.05, 3.63) is 66.2 Å². The molecule has 0 bridgehead atoms. The van der Waals surface area contributed by atoms with Gasteiger partial charge in [0.05, 0.1) is 0 Å². The number of halogens is 1. The number of benzene rings is 2. The first-order chi connectivity index (χ1) is 10.2. The van der Waals surface area contributed by atoms with Crippen LogP contribution in [-0.4, -0.2) is 16.5 Å². The van der Waals surface area contributed by atoms with Crippen LogP contribution < -0.4 is 5.32 Å². The minimum atomic E-state index is -0.557. The van der Waals surface area contributed by atoms with Crippen molar-refractivity contribution in [1.82, 2.24) is 5.32 Å². The van der Waals surface area contributed by atoms with Crippen LogP contribution in [0.1, 0.15) is 12.5 Å². The van der Waals surface area contributed by atoms with Gasteiger partial charge in [0, 0.05) is 16.7 Å². The molecule has 1 amide bonds. The van der Waals surface area contributed by atoms with Crippen molar-refractivity contribution in [2.45, 2.75) is 29.0 Å². The highest BCUT2D eigenvalue weighted by Crippen LogP contribution is 2.27. The van der Waals surface area contributed by atoms with Gasteiger partial charge in [0.1, 0.15) is 5.38 Å². The number of hydrogen-bond donors (Lipinski definition) is 1. The van der Waals surface area contributed by atoms with Crippen LogP contribution >= 0.6 is 23.4 Å². The molecule has 2 unspecified atom stereocenters. The van der Waals surface area contributed by atoms with Gasteiger partial charge < -0.3 is 5.32 Å². The summed E-state index contributed by atoms with van der Waals surface area (Å²) in [5, 5.41) is 2.33. The Morgan fingerprint density at radius 1 is 1.10 bits per heavy atom. The van der Waals surface area contributed by atoms with E-state index in [0.29, 0.717) is 6.54 Å². The van der Waals surface area contributed by atoms with Crippen molar-refractivity contribution in [3.8, 4) is 0 Å². The zero-order valence-corrected chi connectivity index (χ0v) is 13.4. The fourth-order valence-electron chi connectivity index (χ4n) is 1.87. The summed E-state index contributed by atoms with van der Waals surface area (Å²) in [5.74, 6) is -0.128. The number of amides is 1. The van der Waals surface area contributed by atoms with E-state index in [1.807, 2.05) is 67.6 Å². The summed E-state index contributed by atoms with van der Waals surface area (Å²) < 4.78 is 0. The van der Waals surface area contributed by atoms with Crippen LogP contribution in [0.3, 0.4) is 0 Å². The Morgan fingerprint density at radius 3 is 2.29 bits per heavy atom. The monoisotopic (exact) mass is 319 g/mol. The summed E-state index contributed by atoms with van der Waals surface area (Å²) in [6.45, 7) is 2.48. The Hall–Kier alpha value is -1.45. The maximum absolute atomic E-state index is 12.1. The standard InChI is InChI=1S/C17H18ClNOS/c1-13(21-15-10-6-3-7-11-15)16(18)17(20)19-12-14-8-4-2-5-9-14/h2-11,13,16H,12H2,1H3,(H,19,20). The van der Waals surface area contributed by atoms with E-state index in [9.17, 15) is 4.79 Å². The van der Waals surface area contributed by atoms with Gasteiger partial charge in [0.2, 0.25) is 5.91 Å². The summed E-state index contributed by atoms with van der Waals surface area (Å²) in [6, 6.07) is 19.8. The largest absolute Gasteiger partial charge is 0.351 e. The van der Waals surface area contributed by atoms with Gasteiger partial charge in [-0.2, -0.15) is 0 Å². The van der Waals surface area contributed by atoms with Gasteiger partial charge in [-0.25, -0.2) is 0 Å². The maximum Gasteiger partial charge on any atom is 0.239 e. The number of nitrogens with one attached hydrogen (secondary N) is 1.